The van der Waals surface area contributed by atoms with E-state index in [0.29, 0.717) is 24.4 Å². The third kappa shape index (κ3) is 5.03. The summed E-state index contributed by atoms with van der Waals surface area (Å²) in [4.78, 5) is 0. The molecule has 3 saturated carbocycles. The van der Waals surface area contributed by atoms with Gasteiger partial charge in [-0.3, -0.25) is 0 Å². The Balaban J connectivity index is 1.27. The molecule has 1 aliphatic heterocycles. The molecule has 174 valence electrons. The van der Waals surface area contributed by atoms with Crippen LogP contribution in [0.25, 0.3) is 0 Å². The lowest BCUT2D eigenvalue weighted by atomic mass is 9.71. The van der Waals surface area contributed by atoms with E-state index < -0.39 is 12.3 Å². The summed E-state index contributed by atoms with van der Waals surface area (Å²) in [5.41, 5.74) is 0. The van der Waals surface area contributed by atoms with Gasteiger partial charge in [-0.15, -0.1) is 11.8 Å². The van der Waals surface area contributed by atoms with Crippen molar-refractivity contribution in [1.29, 1.82) is 0 Å². The average molecular weight is 445 g/mol. The van der Waals surface area contributed by atoms with Crippen LogP contribution in [-0.2, 0) is 9.47 Å². The third-order valence-corrected chi connectivity index (χ3v) is 10.4. The minimum absolute atomic E-state index is 0.0813. The van der Waals surface area contributed by atoms with Gasteiger partial charge < -0.3 is 9.47 Å². The zero-order valence-electron chi connectivity index (χ0n) is 18.9. The van der Waals surface area contributed by atoms with E-state index >= 15 is 8.78 Å². The molecule has 30 heavy (non-hydrogen) atoms. The molecule has 0 amide bonds. The number of hydrogen-bond donors (Lipinski definition) is 0. The molecule has 3 aliphatic carbocycles. The normalized spacial score (nSPS) is 46.4. The van der Waals surface area contributed by atoms with Gasteiger partial charge in [0, 0.05) is 23.7 Å². The first-order valence-electron chi connectivity index (χ1n) is 12.8. The Labute approximate surface area is 186 Å². The fourth-order valence-corrected chi connectivity index (χ4v) is 8.59. The van der Waals surface area contributed by atoms with Crippen molar-refractivity contribution in [2.45, 2.75) is 120 Å². The lowest BCUT2D eigenvalue weighted by Crippen LogP contribution is -2.45. The highest BCUT2D eigenvalue weighted by Gasteiger charge is 2.56. The molecule has 4 aliphatic rings. The average Bonchev–Trinajstić information content (AvgIpc) is 3.16. The topological polar surface area (TPSA) is 18.5 Å². The van der Waals surface area contributed by atoms with Crippen LogP contribution in [0.4, 0.5) is 8.78 Å². The second kappa shape index (κ2) is 10.8. The highest BCUT2D eigenvalue weighted by molar-refractivity contribution is 8.00. The van der Waals surface area contributed by atoms with Gasteiger partial charge in [0.15, 0.2) is 0 Å². The van der Waals surface area contributed by atoms with E-state index in [4.69, 9.17) is 9.47 Å². The molecule has 0 bridgehead atoms. The molecular weight excluding hydrogens is 402 g/mol. The Morgan fingerprint density at radius 1 is 0.733 bits per heavy atom. The van der Waals surface area contributed by atoms with Crippen molar-refractivity contribution in [2.24, 2.45) is 23.7 Å². The maximum atomic E-state index is 15.5. The molecule has 0 N–H and O–H groups in total. The molecule has 0 radical (unpaired) electrons. The Hall–Kier alpha value is 0.130. The summed E-state index contributed by atoms with van der Waals surface area (Å²) in [6.45, 7) is 5.78. The summed E-state index contributed by atoms with van der Waals surface area (Å²) in [6, 6.07) is 0. The van der Waals surface area contributed by atoms with Gasteiger partial charge in [0.05, 0.1) is 12.2 Å². The maximum Gasteiger partial charge on any atom is 0.138 e. The van der Waals surface area contributed by atoms with Crippen LogP contribution in [0, 0.1) is 23.7 Å². The summed E-state index contributed by atoms with van der Waals surface area (Å²) in [5, 5.41) is -0.163. The highest BCUT2D eigenvalue weighted by Crippen LogP contribution is 2.56. The number of fused-ring (bicyclic) bond motifs is 3. The number of alkyl halides is 2. The molecule has 0 aromatic heterocycles. The minimum atomic E-state index is -0.948. The molecule has 8 unspecified atom stereocenters. The lowest BCUT2D eigenvalue weighted by molar-refractivity contribution is -0.0638. The van der Waals surface area contributed by atoms with Gasteiger partial charge in [0.1, 0.15) is 12.3 Å². The molecule has 5 heteroatoms. The van der Waals surface area contributed by atoms with Crippen molar-refractivity contribution in [3.63, 3.8) is 0 Å². The van der Waals surface area contributed by atoms with Crippen LogP contribution in [0.5, 0.6) is 0 Å². The zero-order valence-corrected chi connectivity index (χ0v) is 19.8. The maximum absolute atomic E-state index is 15.5. The molecule has 4 fully saturated rings. The van der Waals surface area contributed by atoms with Crippen LogP contribution in [0.2, 0.25) is 0 Å². The predicted molar refractivity (Wildman–Crippen MR) is 121 cm³/mol. The van der Waals surface area contributed by atoms with Crippen molar-refractivity contribution in [2.75, 3.05) is 13.2 Å². The lowest BCUT2D eigenvalue weighted by Gasteiger charge is -2.39. The first-order valence-corrected chi connectivity index (χ1v) is 13.7. The Kier molecular flexibility index (Phi) is 8.41. The highest BCUT2D eigenvalue weighted by atomic mass is 32.2. The van der Waals surface area contributed by atoms with E-state index in [1.165, 1.54) is 32.1 Å². The smallest absolute Gasteiger partial charge is 0.138 e. The first kappa shape index (κ1) is 23.3. The molecular formula is C25H42F2O2S. The van der Waals surface area contributed by atoms with Gasteiger partial charge in [-0.2, -0.15) is 0 Å². The number of thioether (sulfide) groups is 1. The molecule has 1 saturated heterocycles. The molecule has 8 atom stereocenters. The van der Waals surface area contributed by atoms with Crippen molar-refractivity contribution < 1.29 is 18.3 Å². The number of hydrogen-bond acceptors (Lipinski definition) is 3. The fraction of sp³-hybridized carbons (Fsp3) is 1.00. The van der Waals surface area contributed by atoms with Gasteiger partial charge >= 0.3 is 0 Å². The van der Waals surface area contributed by atoms with E-state index in [9.17, 15) is 0 Å². The van der Waals surface area contributed by atoms with E-state index in [0.717, 1.165) is 51.0 Å². The molecule has 2 nitrogen and oxygen atoms in total. The van der Waals surface area contributed by atoms with E-state index in [-0.39, 0.29) is 22.7 Å². The van der Waals surface area contributed by atoms with Crippen LogP contribution in [-0.4, -0.2) is 48.3 Å². The summed E-state index contributed by atoms with van der Waals surface area (Å²) < 4.78 is 42.8. The Morgan fingerprint density at radius 3 is 1.87 bits per heavy atom. The second-order valence-electron chi connectivity index (χ2n) is 10.4. The number of unbranched alkanes of at least 4 members (excludes halogenated alkanes) is 1. The first-order chi connectivity index (χ1) is 14.6. The van der Waals surface area contributed by atoms with Gasteiger partial charge in [-0.1, -0.05) is 39.5 Å². The van der Waals surface area contributed by atoms with Crippen molar-refractivity contribution >= 4 is 11.8 Å². The summed E-state index contributed by atoms with van der Waals surface area (Å²) in [6.07, 6.45) is 9.56. The third-order valence-electron chi connectivity index (χ3n) is 8.53. The molecule has 0 aromatic rings. The van der Waals surface area contributed by atoms with Crippen LogP contribution in [0.3, 0.4) is 0 Å². The molecule has 4 rings (SSSR count). The number of halogens is 2. The van der Waals surface area contributed by atoms with Gasteiger partial charge in [-0.25, -0.2) is 8.78 Å². The number of rotatable bonds is 8. The molecule has 0 aromatic carbocycles. The summed E-state index contributed by atoms with van der Waals surface area (Å²) in [5.74, 6) is 2.13. The number of ether oxygens (including phenoxy) is 2. The second-order valence-corrected chi connectivity index (χ2v) is 11.7. The van der Waals surface area contributed by atoms with Crippen LogP contribution >= 0.6 is 11.8 Å². The van der Waals surface area contributed by atoms with E-state index in [1.54, 1.807) is 11.8 Å². The summed E-state index contributed by atoms with van der Waals surface area (Å²) in [7, 11) is 0. The quantitative estimate of drug-likeness (QED) is 0.386. The van der Waals surface area contributed by atoms with Crippen molar-refractivity contribution in [3.05, 3.63) is 0 Å². The van der Waals surface area contributed by atoms with E-state index in [2.05, 4.69) is 13.8 Å². The van der Waals surface area contributed by atoms with Crippen molar-refractivity contribution in [3.8, 4) is 0 Å². The largest absolute Gasteiger partial charge is 0.375 e. The predicted octanol–water partition coefficient (Wildman–Crippen LogP) is 6.75. The summed E-state index contributed by atoms with van der Waals surface area (Å²) >= 11 is 1.60. The van der Waals surface area contributed by atoms with E-state index in [1.807, 2.05) is 0 Å². The fourth-order valence-electron chi connectivity index (χ4n) is 6.50. The zero-order chi connectivity index (χ0) is 21.1. The standard InChI is InChI=1S/C25H42F2O2S/c1-3-5-14-28-20-12-10-18-19-11-13-21(23(27)25(19)30-24(18)22(20)26)29-15-17-8-6-16(4-2)7-9-17/h16-25H,3-15H2,1-2H3. The monoisotopic (exact) mass is 444 g/mol. The van der Waals surface area contributed by atoms with Gasteiger partial charge in [0.2, 0.25) is 0 Å². The van der Waals surface area contributed by atoms with Gasteiger partial charge in [0.25, 0.3) is 0 Å². The van der Waals surface area contributed by atoms with Crippen molar-refractivity contribution in [1.82, 2.24) is 0 Å². The Bertz CT molecular complexity index is 527. The van der Waals surface area contributed by atoms with Gasteiger partial charge in [-0.05, 0) is 68.6 Å². The van der Waals surface area contributed by atoms with Crippen LogP contribution in [0.1, 0.15) is 84.5 Å². The SMILES string of the molecule is CCCCOC1CCC2C3CCC(OCC4CCC(CC)CC4)C(F)C3SC2C1F. The van der Waals surface area contributed by atoms with Crippen LogP contribution < -0.4 is 0 Å². The van der Waals surface area contributed by atoms with Crippen LogP contribution in [0.15, 0.2) is 0 Å². The Morgan fingerprint density at radius 2 is 1.30 bits per heavy atom. The minimum Gasteiger partial charge on any atom is -0.375 e. The molecule has 0 spiro atoms. The molecule has 1 heterocycles.